The van der Waals surface area contributed by atoms with E-state index in [-0.39, 0.29) is 12.5 Å². The molecule has 0 spiro atoms. The van der Waals surface area contributed by atoms with Crippen molar-refractivity contribution in [2.24, 2.45) is 0 Å². The van der Waals surface area contributed by atoms with E-state index in [1.54, 1.807) is 0 Å². The zero-order chi connectivity index (χ0) is 16.9. The Morgan fingerprint density at radius 3 is 2.29 bits per heavy atom. The van der Waals surface area contributed by atoms with Crippen molar-refractivity contribution in [2.45, 2.75) is 25.0 Å². The summed E-state index contributed by atoms with van der Waals surface area (Å²) in [7, 11) is 0. The van der Waals surface area contributed by atoms with Crippen molar-refractivity contribution in [2.75, 3.05) is 6.54 Å². The number of carbonyl (C=O) groups excluding carboxylic acids is 1. The molecule has 5 heteroatoms. The number of nitrogens with zero attached hydrogens (tertiary/aromatic N) is 1. The number of hydrogen-bond donors (Lipinski definition) is 1. The van der Waals surface area contributed by atoms with Crippen LogP contribution < -0.4 is 0 Å². The van der Waals surface area contributed by atoms with Crippen LogP contribution in [0.15, 0.2) is 60.7 Å². The number of amides is 1. The predicted octanol–water partition coefficient (Wildman–Crippen LogP) is 3.27. The van der Waals surface area contributed by atoms with Gasteiger partial charge in [-0.25, -0.2) is 9.59 Å². The monoisotopic (exact) mass is 325 g/mol. The normalized spacial score (nSPS) is 19.9. The van der Waals surface area contributed by atoms with E-state index in [4.69, 9.17) is 4.74 Å². The van der Waals surface area contributed by atoms with Crippen molar-refractivity contribution in [3.63, 3.8) is 0 Å². The van der Waals surface area contributed by atoms with Gasteiger partial charge in [0.25, 0.3) is 0 Å². The number of hydrogen-bond acceptors (Lipinski definition) is 3. The molecule has 0 aromatic heterocycles. The summed E-state index contributed by atoms with van der Waals surface area (Å²) in [6, 6.07) is 17.9. The van der Waals surface area contributed by atoms with E-state index >= 15 is 0 Å². The SMILES string of the molecule is O=C(O)[C@@H]1C(c2ccccc2)CCN1C(=O)OCc1ccccc1. The van der Waals surface area contributed by atoms with Crippen molar-refractivity contribution in [3.05, 3.63) is 71.8 Å². The molecule has 1 aliphatic heterocycles. The van der Waals surface area contributed by atoms with E-state index in [2.05, 4.69) is 0 Å². The van der Waals surface area contributed by atoms with Gasteiger partial charge >= 0.3 is 12.1 Å². The molecule has 1 unspecified atom stereocenters. The quantitative estimate of drug-likeness (QED) is 0.937. The molecule has 0 radical (unpaired) electrons. The zero-order valence-electron chi connectivity index (χ0n) is 13.2. The summed E-state index contributed by atoms with van der Waals surface area (Å²) in [4.78, 5) is 25.4. The highest BCUT2D eigenvalue weighted by Crippen LogP contribution is 2.34. The molecule has 1 amide bonds. The van der Waals surface area contributed by atoms with Crippen LogP contribution in [0.2, 0.25) is 0 Å². The fourth-order valence-corrected chi connectivity index (χ4v) is 3.15. The Morgan fingerprint density at radius 1 is 1.04 bits per heavy atom. The lowest BCUT2D eigenvalue weighted by Crippen LogP contribution is -2.42. The number of aliphatic carboxylic acids is 1. The number of carboxylic acids is 1. The van der Waals surface area contributed by atoms with Crippen LogP contribution in [-0.2, 0) is 16.1 Å². The second kappa shape index (κ2) is 7.17. The maximum Gasteiger partial charge on any atom is 0.410 e. The lowest BCUT2D eigenvalue weighted by molar-refractivity contribution is -0.142. The first-order valence-electron chi connectivity index (χ1n) is 7.92. The maximum atomic E-state index is 12.4. The van der Waals surface area contributed by atoms with Crippen LogP contribution in [0.5, 0.6) is 0 Å². The molecule has 1 saturated heterocycles. The Hall–Kier alpha value is -2.82. The first-order valence-corrected chi connectivity index (χ1v) is 7.92. The van der Waals surface area contributed by atoms with Gasteiger partial charge in [-0.1, -0.05) is 60.7 Å². The average molecular weight is 325 g/mol. The molecule has 3 rings (SSSR count). The second-order valence-corrected chi connectivity index (χ2v) is 5.82. The van der Waals surface area contributed by atoms with Crippen molar-refractivity contribution in [3.8, 4) is 0 Å². The summed E-state index contributed by atoms with van der Waals surface area (Å²) in [6.07, 6.45) is 0.0335. The van der Waals surface area contributed by atoms with Gasteiger partial charge in [0.1, 0.15) is 12.6 Å². The highest BCUT2D eigenvalue weighted by atomic mass is 16.6. The number of carboxylic acid groups (broad SMARTS) is 1. The third kappa shape index (κ3) is 3.40. The van der Waals surface area contributed by atoms with Crippen LogP contribution in [0.3, 0.4) is 0 Å². The minimum absolute atomic E-state index is 0.137. The summed E-state index contributed by atoms with van der Waals surface area (Å²) in [5, 5.41) is 9.60. The molecule has 124 valence electrons. The highest BCUT2D eigenvalue weighted by Gasteiger charge is 2.43. The molecule has 2 atom stereocenters. The van der Waals surface area contributed by atoms with E-state index in [0.29, 0.717) is 13.0 Å². The van der Waals surface area contributed by atoms with E-state index in [1.165, 1.54) is 4.90 Å². The number of benzene rings is 2. The van der Waals surface area contributed by atoms with Crippen LogP contribution in [0.1, 0.15) is 23.5 Å². The minimum Gasteiger partial charge on any atom is -0.480 e. The molecule has 2 aromatic carbocycles. The van der Waals surface area contributed by atoms with Crippen LogP contribution in [0.4, 0.5) is 4.79 Å². The van der Waals surface area contributed by atoms with Crippen LogP contribution >= 0.6 is 0 Å². The highest BCUT2D eigenvalue weighted by molar-refractivity contribution is 5.82. The number of ether oxygens (including phenoxy) is 1. The zero-order valence-corrected chi connectivity index (χ0v) is 13.2. The molecular formula is C19H19NO4. The Morgan fingerprint density at radius 2 is 1.67 bits per heavy atom. The Balaban J connectivity index is 1.70. The Kier molecular flexibility index (Phi) is 4.79. The van der Waals surface area contributed by atoms with Crippen LogP contribution in [0.25, 0.3) is 0 Å². The second-order valence-electron chi connectivity index (χ2n) is 5.82. The van der Waals surface area contributed by atoms with Gasteiger partial charge in [-0.05, 0) is 17.5 Å². The summed E-state index contributed by atoms with van der Waals surface area (Å²) in [5.41, 5.74) is 1.81. The maximum absolute atomic E-state index is 12.4. The lowest BCUT2D eigenvalue weighted by Gasteiger charge is -2.24. The van der Waals surface area contributed by atoms with Gasteiger partial charge < -0.3 is 9.84 Å². The van der Waals surface area contributed by atoms with E-state index < -0.39 is 18.1 Å². The van der Waals surface area contributed by atoms with Crippen molar-refractivity contribution < 1.29 is 19.4 Å². The molecule has 2 aromatic rings. The van der Waals surface area contributed by atoms with Gasteiger partial charge in [-0.2, -0.15) is 0 Å². The van der Waals surface area contributed by atoms with Gasteiger partial charge in [-0.3, -0.25) is 4.90 Å². The summed E-state index contributed by atoms with van der Waals surface area (Å²) < 4.78 is 5.30. The van der Waals surface area contributed by atoms with Crippen LogP contribution in [-0.4, -0.2) is 34.7 Å². The summed E-state index contributed by atoms with van der Waals surface area (Å²) in [6.45, 7) is 0.517. The van der Waals surface area contributed by atoms with E-state index in [9.17, 15) is 14.7 Å². The molecule has 0 bridgehead atoms. The Bertz CT molecular complexity index is 702. The minimum atomic E-state index is -1.00. The summed E-state index contributed by atoms with van der Waals surface area (Å²) in [5.74, 6) is -1.22. The van der Waals surface area contributed by atoms with Gasteiger partial charge in [0, 0.05) is 12.5 Å². The molecule has 1 heterocycles. The number of carbonyl (C=O) groups is 2. The molecule has 1 N–H and O–H groups in total. The molecule has 1 fully saturated rings. The number of rotatable bonds is 4. The molecule has 1 aliphatic rings. The number of likely N-dealkylation sites (tertiary alicyclic amines) is 1. The Labute approximate surface area is 140 Å². The average Bonchev–Trinajstić information content (AvgIpc) is 3.07. The molecule has 5 nitrogen and oxygen atoms in total. The smallest absolute Gasteiger partial charge is 0.410 e. The topological polar surface area (TPSA) is 66.8 Å². The van der Waals surface area contributed by atoms with Crippen molar-refractivity contribution in [1.82, 2.24) is 4.90 Å². The molecule has 0 aliphatic carbocycles. The largest absolute Gasteiger partial charge is 0.480 e. The summed E-state index contributed by atoms with van der Waals surface area (Å²) >= 11 is 0. The fraction of sp³-hybridized carbons (Fsp3) is 0.263. The third-order valence-electron chi connectivity index (χ3n) is 4.32. The predicted molar refractivity (Wildman–Crippen MR) is 88.6 cm³/mol. The van der Waals surface area contributed by atoms with Gasteiger partial charge in [0.15, 0.2) is 0 Å². The standard InChI is InChI=1S/C19H19NO4/c21-18(22)17-16(15-9-5-2-6-10-15)11-12-20(17)19(23)24-13-14-7-3-1-4-8-14/h1-10,16-17H,11-13H2,(H,21,22)/t16?,17-/m0/s1. The molecule has 24 heavy (non-hydrogen) atoms. The van der Waals surface area contributed by atoms with E-state index in [1.807, 2.05) is 60.7 Å². The third-order valence-corrected chi connectivity index (χ3v) is 4.32. The van der Waals surface area contributed by atoms with Gasteiger partial charge in [-0.15, -0.1) is 0 Å². The van der Waals surface area contributed by atoms with Crippen molar-refractivity contribution in [1.29, 1.82) is 0 Å². The first-order chi connectivity index (χ1) is 11.7. The van der Waals surface area contributed by atoms with Gasteiger partial charge in [0.2, 0.25) is 0 Å². The molecular weight excluding hydrogens is 306 g/mol. The van der Waals surface area contributed by atoms with Crippen molar-refractivity contribution >= 4 is 12.1 Å². The fourth-order valence-electron chi connectivity index (χ4n) is 3.15. The van der Waals surface area contributed by atoms with Crippen LogP contribution in [0, 0.1) is 0 Å². The first kappa shape index (κ1) is 16.1. The molecule has 0 saturated carbocycles. The van der Waals surface area contributed by atoms with E-state index in [0.717, 1.165) is 11.1 Å². The van der Waals surface area contributed by atoms with Gasteiger partial charge in [0.05, 0.1) is 0 Å². The lowest BCUT2D eigenvalue weighted by atomic mass is 9.92.